The van der Waals surface area contributed by atoms with Gasteiger partial charge in [0.1, 0.15) is 11.4 Å². The van der Waals surface area contributed by atoms with Gasteiger partial charge in [-0.2, -0.15) is 0 Å². The zero-order chi connectivity index (χ0) is 26.6. The first-order valence-electron chi connectivity index (χ1n) is 12.1. The normalized spacial score (nSPS) is 19.2. The second kappa shape index (κ2) is 12.1. The maximum Gasteiger partial charge on any atom is 0.411 e. The molecule has 0 radical (unpaired) electrons. The lowest BCUT2D eigenvalue weighted by Gasteiger charge is -2.41. The van der Waals surface area contributed by atoms with Gasteiger partial charge in [0.05, 0.1) is 29.4 Å². The summed E-state index contributed by atoms with van der Waals surface area (Å²) >= 11 is 14.3. The average molecular weight is 557 g/mol. The third kappa shape index (κ3) is 7.33. The second-order valence-corrected chi connectivity index (χ2v) is 12.3. The number of esters is 1. The second-order valence-electron chi connectivity index (χ2n) is 10.3. The lowest BCUT2D eigenvalue weighted by Crippen LogP contribution is -2.60. The molecule has 1 fully saturated rings. The van der Waals surface area contributed by atoms with Gasteiger partial charge >= 0.3 is 12.1 Å². The van der Waals surface area contributed by atoms with E-state index in [4.69, 9.17) is 37.7 Å². The molecule has 2 heterocycles. The first-order chi connectivity index (χ1) is 16.9. The van der Waals surface area contributed by atoms with Crippen molar-refractivity contribution in [2.75, 3.05) is 32.5 Å². The molecule has 0 N–H and O–H groups in total. The van der Waals surface area contributed by atoms with Gasteiger partial charge in [-0.15, -0.1) is 11.8 Å². The van der Waals surface area contributed by atoms with Crippen molar-refractivity contribution in [3.05, 3.63) is 38.7 Å². The van der Waals surface area contributed by atoms with Gasteiger partial charge in [-0.1, -0.05) is 43.1 Å². The number of hydrogen-bond acceptors (Lipinski definition) is 7. The summed E-state index contributed by atoms with van der Waals surface area (Å²) in [5.74, 6) is 1.72. The molecule has 1 aromatic carbocycles. The number of nitrogens with zero attached hydrogens (tertiary/aromatic N) is 3. The van der Waals surface area contributed by atoms with Gasteiger partial charge in [-0.05, 0) is 45.2 Å². The Bertz CT molecular complexity index is 1050. The van der Waals surface area contributed by atoms with Crippen LogP contribution in [0.5, 0.6) is 0 Å². The summed E-state index contributed by atoms with van der Waals surface area (Å²) in [6.45, 7) is 10.9. The van der Waals surface area contributed by atoms with Gasteiger partial charge in [0.2, 0.25) is 0 Å². The summed E-state index contributed by atoms with van der Waals surface area (Å²) < 4.78 is 10.6. The Kier molecular flexibility index (Phi) is 9.63. The van der Waals surface area contributed by atoms with Crippen LogP contribution in [0.1, 0.15) is 53.0 Å². The van der Waals surface area contributed by atoms with E-state index in [0.717, 1.165) is 35.7 Å². The highest BCUT2D eigenvalue weighted by molar-refractivity contribution is 8.03. The number of hydrogen-bond donors (Lipinski definition) is 0. The third-order valence-electron chi connectivity index (χ3n) is 5.74. The molecule has 0 spiro atoms. The molecular weight excluding hydrogens is 521 g/mol. The zero-order valence-corrected chi connectivity index (χ0v) is 24.1. The van der Waals surface area contributed by atoms with Crippen molar-refractivity contribution in [3.8, 4) is 0 Å². The van der Waals surface area contributed by atoms with Crippen LogP contribution in [0.2, 0.25) is 10.0 Å². The number of rotatable bonds is 4. The lowest BCUT2D eigenvalue weighted by molar-refractivity contribution is -0.148. The fourth-order valence-electron chi connectivity index (χ4n) is 4.10. The van der Waals surface area contributed by atoms with E-state index in [1.165, 1.54) is 16.9 Å². The maximum atomic E-state index is 12.8. The van der Waals surface area contributed by atoms with Crippen molar-refractivity contribution in [2.45, 2.75) is 59.1 Å². The van der Waals surface area contributed by atoms with E-state index < -0.39 is 23.7 Å². The fourth-order valence-corrected chi connectivity index (χ4v) is 5.68. The molecule has 198 valence electrons. The Morgan fingerprint density at radius 2 is 1.92 bits per heavy atom. The molecule has 0 aromatic heterocycles. The third-order valence-corrected chi connectivity index (χ3v) is 7.60. The van der Waals surface area contributed by atoms with E-state index in [-0.39, 0.29) is 6.54 Å². The number of amides is 1. The minimum absolute atomic E-state index is 0.281. The zero-order valence-electron chi connectivity index (χ0n) is 21.8. The van der Waals surface area contributed by atoms with E-state index in [1.54, 1.807) is 38.6 Å². The van der Waals surface area contributed by atoms with E-state index in [2.05, 4.69) is 18.7 Å². The number of carbonyl (C=O) groups is 2. The quantitative estimate of drug-likeness (QED) is 0.403. The minimum Gasteiger partial charge on any atom is -0.467 e. The molecule has 0 aliphatic carbocycles. The van der Waals surface area contributed by atoms with Gasteiger partial charge in [-0.3, -0.25) is 4.90 Å². The molecule has 1 aromatic rings. The minimum atomic E-state index is -0.787. The Hall–Kier alpha value is -1.90. The van der Waals surface area contributed by atoms with Crippen LogP contribution < -0.4 is 0 Å². The van der Waals surface area contributed by atoms with Crippen molar-refractivity contribution in [1.82, 2.24) is 9.80 Å². The highest BCUT2D eigenvalue weighted by Crippen LogP contribution is 2.38. The van der Waals surface area contributed by atoms with Crippen molar-refractivity contribution in [2.24, 2.45) is 10.9 Å². The topological polar surface area (TPSA) is 71.4 Å². The highest BCUT2D eigenvalue weighted by atomic mass is 35.5. The molecule has 1 saturated heterocycles. The number of halogens is 2. The van der Waals surface area contributed by atoms with Gasteiger partial charge in [0, 0.05) is 35.7 Å². The predicted molar refractivity (Wildman–Crippen MR) is 148 cm³/mol. The summed E-state index contributed by atoms with van der Waals surface area (Å²) in [4.78, 5) is 35.4. The van der Waals surface area contributed by atoms with Crippen molar-refractivity contribution >= 4 is 58.6 Å². The molecule has 36 heavy (non-hydrogen) atoms. The lowest BCUT2D eigenvalue weighted by atomic mass is 10.1. The summed E-state index contributed by atoms with van der Waals surface area (Å²) in [5.41, 5.74) is 1.12. The van der Waals surface area contributed by atoms with Crippen molar-refractivity contribution in [3.63, 3.8) is 0 Å². The van der Waals surface area contributed by atoms with E-state index in [1.807, 2.05) is 12.1 Å². The van der Waals surface area contributed by atoms with Crippen LogP contribution in [0.3, 0.4) is 0 Å². The van der Waals surface area contributed by atoms with Gasteiger partial charge in [-0.25, -0.2) is 14.6 Å². The van der Waals surface area contributed by atoms with Crippen LogP contribution in [0, 0.1) is 5.92 Å². The Morgan fingerprint density at radius 1 is 1.19 bits per heavy atom. The van der Waals surface area contributed by atoms with Crippen LogP contribution in [0.25, 0.3) is 5.70 Å². The van der Waals surface area contributed by atoms with Crippen molar-refractivity contribution in [1.29, 1.82) is 0 Å². The summed E-state index contributed by atoms with van der Waals surface area (Å²) in [6.07, 6.45) is 1.11. The highest BCUT2D eigenvalue weighted by Gasteiger charge is 2.39. The first kappa shape index (κ1) is 28.7. The standard InChI is InChI=1S/C26H35Cl2N3O4S/c1-16(2)13-21-23(17-7-8-18(27)19(28)14-17)29-22(9-12-36-21)30-10-11-31(20(15-30)24(32)34-6)25(33)35-26(3,4)5/h7-8,14,16,20H,9-13,15H2,1-6H3. The average Bonchev–Trinajstić information content (AvgIpc) is 3.01. The van der Waals surface area contributed by atoms with E-state index in [0.29, 0.717) is 29.1 Å². The van der Waals surface area contributed by atoms with Gasteiger partial charge in [0.25, 0.3) is 0 Å². The molecule has 1 atom stereocenters. The van der Waals surface area contributed by atoms with Crippen LogP contribution in [-0.4, -0.2) is 71.8 Å². The number of methoxy groups -OCH3 is 1. The fraction of sp³-hybridized carbons (Fsp3) is 0.577. The number of aliphatic imine (C=N–C) groups is 1. The molecule has 3 rings (SSSR count). The van der Waals surface area contributed by atoms with E-state index >= 15 is 0 Å². The summed E-state index contributed by atoms with van der Waals surface area (Å²) in [7, 11) is 1.33. The number of thioether (sulfide) groups is 1. The van der Waals surface area contributed by atoms with Crippen LogP contribution in [0.15, 0.2) is 28.1 Å². The predicted octanol–water partition coefficient (Wildman–Crippen LogP) is 6.34. The van der Waals surface area contributed by atoms with Gasteiger partial charge in [0.15, 0.2) is 6.04 Å². The van der Waals surface area contributed by atoms with Crippen LogP contribution >= 0.6 is 35.0 Å². The molecule has 7 nitrogen and oxygen atoms in total. The molecule has 10 heteroatoms. The number of ether oxygens (including phenoxy) is 2. The molecule has 1 amide bonds. The SMILES string of the molecule is COC(=O)C1CN(C2=NC(c3ccc(Cl)c(Cl)c3)=C(CC(C)C)SCC2)CCN1C(=O)OC(C)(C)C. The largest absolute Gasteiger partial charge is 0.467 e. The molecule has 0 saturated carbocycles. The number of allylic oxidation sites excluding steroid dienone is 1. The number of amidine groups is 1. The molecular formula is C26H35Cl2N3O4S. The van der Waals surface area contributed by atoms with Crippen molar-refractivity contribution < 1.29 is 19.1 Å². The maximum absolute atomic E-state index is 12.8. The van der Waals surface area contributed by atoms with E-state index in [9.17, 15) is 9.59 Å². The first-order valence-corrected chi connectivity index (χ1v) is 13.8. The number of benzene rings is 1. The number of piperazine rings is 1. The molecule has 2 aliphatic rings. The molecule has 2 aliphatic heterocycles. The van der Waals surface area contributed by atoms with Crippen LogP contribution in [-0.2, 0) is 14.3 Å². The number of carbonyl (C=O) groups excluding carboxylic acids is 2. The Labute approximate surface area is 228 Å². The van der Waals surface area contributed by atoms with Gasteiger partial charge < -0.3 is 14.4 Å². The monoisotopic (exact) mass is 555 g/mol. The molecule has 1 unspecified atom stereocenters. The van der Waals surface area contributed by atoms with Crippen LogP contribution in [0.4, 0.5) is 4.79 Å². The Balaban J connectivity index is 1.95. The summed E-state index contributed by atoms with van der Waals surface area (Å²) in [6, 6.07) is 4.79. The molecule has 0 bridgehead atoms. The summed E-state index contributed by atoms with van der Waals surface area (Å²) in [5, 5.41) is 0.976. The Morgan fingerprint density at radius 3 is 2.53 bits per heavy atom. The smallest absolute Gasteiger partial charge is 0.411 e.